The van der Waals surface area contributed by atoms with Crippen LogP contribution in [0.5, 0.6) is 17.2 Å². The molecule has 0 aliphatic carbocycles. The van der Waals surface area contributed by atoms with Gasteiger partial charge in [-0.25, -0.2) is 4.98 Å². The molecular weight excluding hydrogens is 272 g/mol. The Morgan fingerprint density at radius 1 is 1.10 bits per heavy atom. The molecule has 0 saturated heterocycles. The number of rotatable bonds is 3. The van der Waals surface area contributed by atoms with Crippen molar-refractivity contribution in [3.8, 4) is 17.2 Å². The third-order valence-corrected chi connectivity index (χ3v) is 2.98. The first-order chi connectivity index (χ1) is 10.2. The third kappa shape index (κ3) is 2.34. The molecule has 0 atom stereocenters. The maximum absolute atomic E-state index is 11.2. The maximum atomic E-state index is 11.2. The maximum Gasteiger partial charge on any atom is 0.330 e. The summed E-state index contributed by atoms with van der Waals surface area (Å²) >= 11 is 0. The van der Waals surface area contributed by atoms with Crippen LogP contribution in [0.4, 0.5) is 5.69 Å². The van der Waals surface area contributed by atoms with Gasteiger partial charge in [0, 0.05) is 0 Å². The van der Waals surface area contributed by atoms with E-state index in [4.69, 9.17) is 4.74 Å². The predicted octanol–water partition coefficient (Wildman–Crippen LogP) is 3.64. The van der Waals surface area contributed by atoms with Gasteiger partial charge in [-0.3, -0.25) is 10.1 Å². The van der Waals surface area contributed by atoms with Gasteiger partial charge in [-0.1, -0.05) is 24.3 Å². The first kappa shape index (κ1) is 12.9. The quantitative estimate of drug-likeness (QED) is 0.585. The van der Waals surface area contributed by atoms with Crippen LogP contribution in [0.15, 0.2) is 54.7 Å². The molecule has 0 saturated carbocycles. The highest BCUT2D eigenvalue weighted by Crippen LogP contribution is 2.39. The Kier molecular flexibility index (Phi) is 3.12. The summed E-state index contributed by atoms with van der Waals surface area (Å²) in [7, 11) is 0. The summed E-state index contributed by atoms with van der Waals surface area (Å²) in [6.45, 7) is 0. The molecular formula is C15H10N2O4. The molecule has 3 rings (SSSR count). The Morgan fingerprint density at radius 2 is 1.81 bits per heavy atom. The van der Waals surface area contributed by atoms with E-state index < -0.39 is 4.92 Å². The number of hydrogen-bond donors (Lipinski definition) is 1. The van der Waals surface area contributed by atoms with E-state index in [1.807, 2.05) is 0 Å². The largest absolute Gasteiger partial charge is 0.504 e. The minimum Gasteiger partial charge on any atom is -0.504 e. The van der Waals surface area contributed by atoms with E-state index in [-0.39, 0.29) is 22.9 Å². The van der Waals surface area contributed by atoms with Crippen molar-refractivity contribution < 1.29 is 14.8 Å². The number of nitrogens with zero attached hydrogens (tertiary/aromatic N) is 2. The Morgan fingerprint density at radius 3 is 2.57 bits per heavy atom. The zero-order valence-corrected chi connectivity index (χ0v) is 10.8. The molecule has 2 aromatic carbocycles. The lowest BCUT2D eigenvalue weighted by molar-refractivity contribution is -0.385. The SMILES string of the molecule is O=[N+]([O-])c1cnc2ccccc2c1Oc1ccccc1O. The predicted molar refractivity (Wildman–Crippen MR) is 76.6 cm³/mol. The number of ether oxygens (including phenoxy) is 1. The van der Waals surface area contributed by atoms with Gasteiger partial charge < -0.3 is 9.84 Å². The fourth-order valence-corrected chi connectivity index (χ4v) is 2.00. The average molecular weight is 282 g/mol. The van der Waals surface area contributed by atoms with E-state index >= 15 is 0 Å². The van der Waals surface area contributed by atoms with Crippen LogP contribution in [0.3, 0.4) is 0 Å². The lowest BCUT2D eigenvalue weighted by atomic mass is 10.2. The number of phenols is 1. The molecule has 0 radical (unpaired) electrons. The molecule has 6 heteroatoms. The van der Waals surface area contributed by atoms with Crippen LogP contribution >= 0.6 is 0 Å². The normalized spacial score (nSPS) is 10.5. The van der Waals surface area contributed by atoms with Gasteiger partial charge in [0.25, 0.3) is 0 Å². The summed E-state index contributed by atoms with van der Waals surface area (Å²) in [4.78, 5) is 14.6. The number of benzene rings is 2. The van der Waals surface area contributed by atoms with Gasteiger partial charge in [0.15, 0.2) is 11.5 Å². The van der Waals surface area contributed by atoms with E-state index in [1.165, 1.54) is 12.1 Å². The van der Waals surface area contributed by atoms with Crippen LogP contribution in [0.1, 0.15) is 0 Å². The van der Waals surface area contributed by atoms with E-state index in [0.717, 1.165) is 6.20 Å². The Labute approximate surface area is 119 Å². The highest BCUT2D eigenvalue weighted by Gasteiger charge is 2.21. The second-order valence-corrected chi connectivity index (χ2v) is 4.32. The molecule has 0 unspecified atom stereocenters. The molecule has 0 bridgehead atoms. The van der Waals surface area contributed by atoms with Crippen molar-refractivity contribution in [1.82, 2.24) is 4.98 Å². The highest BCUT2D eigenvalue weighted by atomic mass is 16.6. The third-order valence-electron chi connectivity index (χ3n) is 2.98. The molecule has 0 spiro atoms. The lowest BCUT2D eigenvalue weighted by Gasteiger charge is -2.10. The van der Waals surface area contributed by atoms with Gasteiger partial charge >= 0.3 is 5.69 Å². The summed E-state index contributed by atoms with van der Waals surface area (Å²) < 4.78 is 5.58. The van der Waals surface area contributed by atoms with Crippen LogP contribution in [0, 0.1) is 10.1 Å². The standard InChI is InChI=1S/C15H10N2O4/c18-13-7-3-4-8-14(13)21-15-10-5-1-2-6-11(10)16-9-12(15)17(19)20/h1-9,18H. The number of hydrogen-bond acceptors (Lipinski definition) is 5. The van der Waals surface area contributed by atoms with Crippen molar-refractivity contribution >= 4 is 16.6 Å². The van der Waals surface area contributed by atoms with Crippen molar-refractivity contribution in [2.75, 3.05) is 0 Å². The van der Waals surface area contributed by atoms with E-state index in [1.54, 1.807) is 36.4 Å². The first-order valence-electron chi connectivity index (χ1n) is 6.15. The number of pyridine rings is 1. The lowest BCUT2D eigenvalue weighted by Crippen LogP contribution is -1.96. The van der Waals surface area contributed by atoms with Gasteiger partial charge in [0.2, 0.25) is 5.75 Å². The van der Waals surface area contributed by atoms with Crippen molar-refractivity contribution in [2.45, 2.75) is 0 Å². The Bertz CT molecular complexity index is 833. The minimum atomic E-state index is -0.561. The van der Waals surface area contributed by atoms with Crippen LogP contribution < -0.4 is 4.74 Å². The highest BCUT2D eigenvalue weighted by molar-refractivity contribution is 5.88. The van der Waals surface area contributed by atoms with Gasteiger partial charge in [0.1, 0.15) is 6.20 Å². The van der Waals surface area contributed by atoms with Crippen molar-refractivity contribution in [3.05, 3.63) is 64.8 Å². The topological polar surface area (TPSA) is 85.5 Å². The molecule has 0 amide bonds. The van der Waals surface area contributed by atoms with Gasteiger partial charge in [-0.05, 0) is 24.3 Å². The number of fused-ring (bicyclic) bond motifs is 1. The number of aromatic nitrogens is 1. The molecule has 0 fully saturated rings. The monoisotopic (exact) mass is 282 g/mol. The number of phenolic OH excluding ortho intramolecular Hbond substituents is 1. The van der Waals surface area contributed by atoms with Crippen LogP contribution in [0.25, 0.3) is 10.9 Å². The Balaban J connectivity index is 2.21. The molecule has 1 aromatic heterocycles. The van der Waals surface area contributed by atoms with E-state index in [9.17, 15) is 15.2 Å². The fraction of sp³-hybridized carbons (Fsp3) is 0. The molecule has 0 aliphatic heterocycles. The summed E-state index contributed by atoms with van der Waals surface area (Å²) in [6, 6.07) is 13.2. The smallest absolute Gasteiger partial charge is 0.330 e. The number of aromatic hydroxyl groups is 1. The van der Waals surface area contributed by atoms with Crippen molar-refractivity contribution in [2.24, 2.45) is 0 Å². The molecule has 1 heterocycles. The first-order valence-corrected chi connectivity index (χ1v) is 6.15. The fourth-order valence-electron chi connectivity index (χ4n) is 2.00. The zero-order valence-electron chi connectivity index (χ0n) is 10.8. The molecule has 0 aliphatic rings. The minimum absolute atomic E-state index is 0.0621. The second-order valence-electron chi connectivity index (χ2n) is 4.32. The summed E-state index contributed by atoms with van der Waals surface area (Å²) in [5, 5.41) is 21.4. The van der Waals surface area contributed by atoms with Gasteiger partial charge in [0.05, 0.1) is 15.8 Å². The van der Waals surface area contributed by atoms with Crippen LogP contribution in [0.2, 0.25) is 0 Å². The molecule has 1 N–H and O–H groups in total. The van der Waals surface area contributed by atoms with E-state index in [0.29, 0.717) is 10.9 Å². The molecule has 6 nitrogen and oxygen atoms in total. The summed E-state index contributed by atoms with van der Waals surface area (Å²) in [5.41, 5.74) is 0.325. The van der Waals surface area contributed by atoms with Crippen molar-refractivity contribution in [1.29, 1.82) is 0 Å². The molecule has 3 aromatic rings. The van der Waals surface area contributed by atoms with Gasteiger partial charge in [-0.2, -0.15) is 0 Å². The summed E-state index contributed by atoms with van der Waals surface area (Å²) in [6.07, 6.45) is 1.15. The molecule has 104 valence electrons. The summed E-state index contributed by atoms with van der Waals surface area (Å²) in [5.74, 6) is 0.122. The van der Waals surface area contributed by atoms with Crippen LogP contribution in [-0.4, -0.2) is 15.0 Å². The number of nitro groups is 1. The van der Waals surface area contributed by atoms with Crippen LogP contribution in [-0.2, 0) is 0 Å². The Hall–Kier alpha value is -3.15. The second kappa shape index (κ2) is 5.09. The van der Waals surface area contributed by atoms with E-state index in [2.05, 4.69) is 4.98 Å². The van der Waals surface area contributed by atoms with Gasteiger partial charge in [-0.15, -0.1) is 0 Å². The number of para-hydroxylation sites is 3. The average Bonchev–Trinajstić information content (AvgIpc) is 2.49. The zero-order chi connectivity index (χ0) is 14.8. The molecule has 21 heavy (non-hydrogen) atoms. The van der Waals surface area contributed by atoms with Crippen molar-refractivity contribution in [3.63, 3.8) is 0 Å².